The third-order valence-electron chi connectivity index (χ3n) is 2.34. The van der Waals surface area contributed by atoms with E-state index in [9.17, 15) is 0 Å². The second-order valence-corrected chi connectivity index (χ2v) is 5.30. The van der Waals surface area contributed by atoms with Crippen LogP contribution in [0, 0.1) is 5.92 Å². The number of aromatic nitrogens is 2. The Hall–Kier alpha value is -0.520. The molecule has 1 rings (SSSR count). The molecule has 1 aromatic rings. The van der Waals surface area contributed by atoms with Gasteiger partial charge in [-0.3, -0.25) is 16.0 Å². The number of nitrogens with zero attached hydrogens (tertiary/aromatic N) is 2. The first-order chi connectivity index (χ1) is 7.69. The van der Waals surface area contributed by atoms with E-state index in [1.807, 2.05) is 28.7 Å². The molecular weight excluding hydrogens is 220 g/mol. The van der Waals surface area contributed by atoms with Gasteiger partial charge in [-0.2, -0.15) is 16.9 Å². The Morgan fingerprint density at radius 3 is 2.81 bits per heavy atom. The van der Waals surface area contributed by atoms with Crippen LogP contribution in [-0.4, -0.2) is 21.3 Å². The molecule has 0 saturated heterocycles. The zero-order valence-corrected chi connectivity index (χ0v) is 11.1. The van der Waals surface area contributed by atoms with Crippen molar-refractivity contribution < 1.29 is 0 Å². The van der Waals surface area contributed by atoms with Crippen LogP contribution in [0.3, 0.4) is 0 Å². The predicted octanol–water partition coefficient (Wildman–Crippen LogP) is 1.80. The molecule has 0 aliphatic heterocycles. The SMILES string of the molecule is CCn1nccc1C(CSCC(C)C)NN. The van der Waals surface area contributed by atoms with E-state index >= 15 is 0 Å². The van der Waals surface area contributed by atoms with Crippen LogP contribution < -0.4 is 11.3 Å². The summed E-state index contributed by atoms with van der Waals surface area (Å²) in [5.74, 6) is 8.47. The van der Waals surface area contributed by atoms with Crippen LogP contribution in [0.1, 0.15) is 32.5 Å². The molecule has 0 aromatic carbocycles. The molecule has 0 fully saturated rings. The fourth-order valence-corrected chi connectivity index (χ4v) is 2.65. The molecule has 1 atom stereocenters. The molecule has 1 aromatic heterocycles. The van der Waals surface area contributed by atoms with Crippen molar-refractivity contribution in [2.45, 2.75) is 33.4 Å². The Morgan fingerprint density at radius 1 is 1.50 bits per heavy atom. The Labute approximate surface area is 102 Å². The lowest BCUT2D eigenvalue weighted by atomic mass is 10.2. The first-order valence-electron chi connectivity index (χ1n) is 5.74. The van der Waals surface area contributed by atoms with Crippen molar-refractivity contribution in [1.82, 2.24) is 15.2 Å². The standard InChI is InChI=1S/C11H22N4S/c1-4-15-11(5-6-13-15)10(14-12)8-16-7-9(2)3/h5-6,9-10,14H,4,7-8,12H2,1-3H3. The largest absolute Gasteiger partial charge is 0.271 e. The van der Waals surface area contributed by atoms with E-state index in [-0.39, 0.29) is 6.04 Å². The van der Waals surface area contributed by atoms with Gasteiger partial charge >= 0.3 is 0 Å². The number of rotatable bonds is 7. The molecule has 16 heavy (non-hydrogen) atoms. The third kappa shape index (κ3) is 3.81. The number of hydrogen-bond acceptors (Lipinski definition) is 4. The van der Waals surface area contributed by atoms with Crippen LogP contribution in [0.5, 0.6) is 0 Å². The number of aryl methyl sites for hydroxylation is 1. The van der Waals surface area contributed by atoms with Gasteiger partial charge in [0, 0.05) is 18.5 Å². The highest BCUT2D eigenvalue weighted by Gasteiger charge is 2.14. The van der Waals surface area contributed by atoms with Gasteiger partial charge in [-0.05, 0) is 24.7 Å². The number of thioether (sulfide) groups is 1. The van der Waals surface area contributed by atoms with E-state index in [1.54, 1.807) is 0 Å². The Kier molecular flexibility index (Phi) is 5.87. The van der Waals surface area contributed by atoms with E-state index in [1.165, 1.54) is 11.4 Å². The van der Waals surface area contributed by atoms with Crippen molar-refractivity contribution in [2.75, 3.05) is 11.5 Å². The van der Waals surface area contributed by atoms with E-state index in [2.05, 4.69) is 31.3 Å². The number of nitrogens with one attached hydrogen (secondary N) is 1. The maximum absolute atomic E-state index is 5.60. The van der Waals surface area contributed by atoms with Gasteiger partial charge in [-0.25, -0.2) is 0 Å². The van der Waals surface area contributed by atoms with E-state index in [0.717, 1.165) is 18.2 Å². The van der Waals surface area contributed by atoms with E-state index in [4.69, 9.17) is 5.84 Å². The molecule has 0 saturated carbocycles. The molecule has 4 nitrogen and oxygen atoms in total. The lowest BCUT2D eigenvalue weighted by Crippen LogP contribution is -2.31. The summed E-state index contributed by atoms with van der Waals surface area (Å²) in [5.41, 5.74) is 4.04. The Bertz CT molecular complexity index is 298. The molecule has 5 heteroatoms. The lowest BCUT2D eigenvalue weighted by Gasteiger charge is -2.17. The molecule has 92 valence electrons. The third-order valence-corrected chi connectivity index (χ3v) is 3.81. The maximum atomic E-state index is 5.60. The van der Waals surface area contributed by atoms with Crippen molar-refractivity contribution in [3.8, 4) is 0 Å². The number of hydrogen-bond donors (Lipinski definition) is 2. The normalized spacial score (nSPS) is 13.3. The molecular formula is C11H22N4S. The van der Waals surface area contributed by atoms with Gasteiger partial charge in [-0.15, -0.1) is 0 Å². The number of hydrazine groups is 1. The maximum Gasteiger partial charge on any atom is 0.0719 e. The molecule has 0 aliphatic rings. The summed E-state index contributed by atoms with van der Waals surface area (Å²) in [4.78, 5) is 0. The van der Waals surface area contributed by atoms with Crippen molar-refractivity contribution in [3.63, 3.8) is 0 Å². The van der Waals surface area contributed by atoms with Crippen LogP contribution >= 0.6 is 11.8 Å². The van der Waals surface area contributed by atoms with Crippen molar-refractivity contribution in [2.24, 2.45) is 11.8 Å². The van der Waals surface area contributed by atoms with Crippen LogP contribution in [0.4, 0.5) is 0 Å². The Morgan fingerprint density at radius 2 is 2.25 bits per heavy atom. The first kappa shape index (κ1) is 13.5. The zero-order valence-electron chi connectivity index (χ0n) is 10.3. The molecule has 0 amide bonds. The van der Waals surface area contributed by atoms with Crippen molar-refractivity contribution in [1.29, 1.82) is 0 Å². The molecule has 0 aliphatic carbocycles. The van der Waals surface area contributed by atoms with Gasteiger partial charge in [-0.1, -0.05) is 13.8 Å². The zero-order chi connectivity index (χ0) is 12.0. The fourth-order valence-electron chi connectivity index (χ4n) is 1.54. The van der Waals surface area contributed by atoms with Crippen LogP contribution in [-0.2, 0) is 6.54 Å². The smallest absolute Gasteiger partial charge is 0.0719 e. The second-order valence-electron chi connectivity index (χ2n) is 4.22. The molecule has 1 unspecified atom stereocenters. The summed E-state index contributed by atoms with van der Waals surface area (Å²) in [7, 11) is 0. The van der Waals surface area contributed by atoms with Crippen molar-refractivity contribution in [3.05, 3.63) is 18.0 Å². The number of nitrogens with two attached hydrogens (primary N) is 1. The van der Waals surface area contributed by atoms with E-state index < -0.39 is 0 Å². The molecule has 1 heterocycles. The van der Waals surface area contributed by atoms with Gasteiger partial charge in [0.15, 0.2) is 0 Å². The average Bonchev–Trinajstić information content (AvgIpc) is 2.72. The highest BCUT2D eigenvalue weighted by atomic mass is 32.2. The molecule has 0 radical (unpaired) electrons. The highest BCUT2D eigenvalue weighted by molar-refractivity contribution is 7.99. The van der Waals surface area contributed by atoms with Gasteiger partial charge in [0.25, 0.3) is 0 Å². The summed E-state index contributed by atoms with van der Waals surface area (Å²) in [6.07, 6.45) is 1.83. The minimum atomic E-state index is 0.186. The molecule has 0 spiro atoms. The van der Waals surface area contributed by atoms with Crippen LogP contribution in [0.25, 0.3) is 0 Å². The topological polar surface area (TPSA) is 55.9 Å². The van der Waals surface area contributed by atoms with Gasteiger partial charge in [0.1, 0.15) is 0 Å². The van der Waals surface area contributed by atoms with Crippen LogP contribution in [0.15, 0.2) is 12.3 Å². The van der Waals surface area contributed by atoms with Gasteiger partial charge in [0.05, 0.1) is 11.7 Å². The summed E-state index contributed by atoms with van der Waals surface area (Å²) >= 11 is 1.93. The minimum absolute atomic E-state index is 0.186. The molecule has 3 N–H and O–H groups in total. The quantitative estimate of drug-likeness (QED) is 0.565. The summed E-state index contributed by atoms with van der Waals surface area (Å²) in [6.45, 7) is 7.43. The summed E-state index contributed by atoms with van der Waals surface area (Å²) < 4.78 is 1.99. The average molecular weight is 242 g/mol. The van der Waals surface area contributed by atoms with E-state index in [0.29, 0.717) is 0 Å². The lowest BCUT2D eigenvalue weighted by molar-refractivity contribution is 0.527. The predicted molar refractivity (Wildman–Crippen MR) is 70.1 cm³/mol. The summed E-state index contributed by atoms with van der Waals surface area (Å²) in [6, 6.07) is 2.22. The van der Waals surface area contributed by atoms with Crippen molar-refractivity contribution >= 4 is 11.8 Å². The second kappa shape index (κ2) is 6.93. The van der Waals surface area contributed by atoms with Gasteiger partial charge < -0.3 is 0 Å². The van der Waals surface area contributed by atoms with Gasteiger partial charge in [0.2, 0.25) is 0 Å². The highest BCUT2D eigenvalue weighted by Crippen LogP contribution is 2.19. The minimum Gasteiger partial charge on any atom is -0.271 e. The fraction of sp³-hybridized carbons (Fsp3) is 0.727. The monoisotopic (exact) mass is 242 g/mol. The molecule has 0 bridgehead atoms. The Balaban J connectivity index is 2.53. The summed E-state index contributed by atoms with van der Waals surface area (Å²) in [5, 5.41) is 4.26. The van der Waals surface area contributed by atoms with Crippen LogP contribution in [0.2, 0.25) is 0 Å². The first-order valence-corrected chi connectivity index (χ1v) is 6.90.